The maximum absolute atomic E-state index is 13.7. The Balaban J connectivity index is 1.18. The maximum atomic E-state index is 13.7. The lowest BCUT2D eigenvalue weighted by molar-refractivity contribution is 0.102. The molecule has 2 N–H and O–H groups in total. The van der Waals surface area contributed by atoms with Crippen LogP contribution in [0.4, 0.5) is 10.7 Å². The Morgan fingerprint density at radius 2 is 1.69 bits per heavy atom. The van der Waals surface area contributed by atoms with Gasteiger partial charge in [0.25, 0.3) is 15.9 Å². The van der Waals surface area contributed by atoms with Gasteiger partial charge in [0.05, 0.1) is 15.1 Å². The fraction of sp³-hybridized carbons (Fsp3) is 0.143. The minimum atomic E-state index is -3.81. The molecular formula is C35H30N4O3S3. The molecule has 1 amide bonds. The first kappa shape index (κ1) is 29.4. The van der Waals surface area contributed by atoms with Gasteiger partial charge in [0.15, 0.2) is 0 Å². The highest BCUT2D eigenvalue weighted by Gasteiger charge is 2.28. The van der Waals surface area contributed by atoms with Crippen molar-refractivity contribution < 1.29 is 13.2 Å². The SMILES string of the molecule is Cc1ccc(S(=O)(=O)Nc2cccc(C(=O)Nc3sc4c(c3-c3nc5ccccc5s3)CCN(Cc3ccccc3)C4)c2)cc1. The van der Waals surface area contributed by atoms with Crippen molar-refractivity contribution in [3.8, 4) is 10.6 Å². The number of sulfonamides is 1. The zero-order valence-electron chi connectivity index (χ0n) is 24.5. The lowest BCUT2D eigenvalue weighted by atomic mass is 10.0. The van der Waals surface area contributed by atoms with Crippen LogP contribution >= 0.6 is 22.7 Å². The molecule has 6 aromatic rings. The molecule has 1 aliphatic heterocycles. The summed E-state index contributed by atoms with van der Waals surface area (Å²) in [5.74, 6) is -0.312. The van der Waals surface area contributed by atoms with E-state index in [-0.39, 0.29) is 10.8 Å². The number of carbonyl (C=O) groups excluding carboxylic acids is 1. The molecule has 0 saturated heterocycles. The van der Waals surface area contributed by atoms with E-state index >= 15 is 0 Å². The summed E-state index contributed by atoms with van der Waals surface area (Å²) in [5, 5.41) is 4.82. The molecule has 0 atom stereocenters. The largest absolute Gasteiger partial charge is 0.313 e. The Bertz CT molecular complexity index is 2090. The summed E-state index contributed by atoms with van der Waals surface area (Å²) in [6, 6.07) is 31.7. The molecule has 0 unspecified atom stereocenters. The molecule has 4 aromatic carbocycles. The van der Waals surface area contributed by atoms with Crippen molar-refractivity contribution in [3.05, 3.63) is 130 Å². The Morgan fingerprint density at radius 3 is 2.49 bits per heavy atom. The second-order valence-corrected chi connectivity index (χ2v) is 14.9. The van der Waals surface area contributed by atoms with Crippen LogP contribution in [0.3, 0.4) is 0 Å². The van der Waals surface area contributed by atoms with Crippen LogP contribution in [-0.4, -0.2) is 30.8 Å². The molecule has 7 nitrogen and oxygen atoms in total. The first-order chi connectivity index (χ1) is 21.8. The molecular weight excluding hydrogens is 621 g/mol. The number of benzene rings is 4. The zero-order chi connectivity index (χ0) is 31.0. The summed E-state index contributed by atoms with van der Waals surface area (Å²) in [7, 11) is -3.81. The van der Waals surface area contributed by atoms with Crippen molar-refractivity contribution in [1.29, 1.82) is 0 Å². The Hall–Kier alpha value is -4.35. The van der Waals surface area contributed by atoms with Crippen LogP contribution in [0, 0.1) is 6.92 Å². The third-order valence-electron chi connectivity index (χ3n) is 7.83. The molecule has 0 saturated carbocycles. The van der Waals surface area contributed by atoms with Gasteiger partial charge in [0.1, 0.15) is 10.0 Å². The summed E-state index contributed by atoms with van der Waals surface area (Å²) in [6.45, 7) is 4.46. The van der Waals surface area contributed by atoms with Crippen LogP contribution in [0.25, 0.3) is 20.8 Å². The second kappa shape index (κ2) is 12.2. The Labute approximate surface area is 270 Å². The van der Waals surface area contributed by atoms with Crippen molar-refractivity contribution in [3.63, 3.8) is 0 Å². The van der Waals surface area contributed by atoms with Crippen LogP contribution < -0.4 is 10.0 Å². The third kappa shape index (κ3) is 6.27. The summed E-state index contributed by atoms with van der Waals surface area (Å²) >= 11 is 3.23. The molecule has 226 valence electrons. The van der Waals surface area contributed by atoms with E-state index in [0.29, 0.717) is 11.3 Å². The van der Waals surface area contributed by atoms with Crippen LogP contribution in [0.1, 0.15) is 31.9 Å². The molecule has 0 spiro atoms. The van der Waals surface area contributed by atoms with Gasteiger partial charge in [0, 0.05) is 41.3 Å². The number of aryl methyl sites for hydroxylation is 1. The predicted molar refractivity (Wildman–Crippen MR) is 184 cm³/mol. The van der Waals surface area contributed by atoms with Gasteiger partial charge in [-0.25, -0.2) is 13.4 Å². The summed E-state index contributed by atoms with van der Waals surface area (Å²) in [4.78, 5) is 22.5. The molecule has 0 aliphatic carbocycles. The van der Waals surface area contributed by atoms with Crippen molar-refractivity contribution >= 4 is 59.5 Å². The molecule has 2 aromatic heterocycles. The van der Waals surface area contributed by atoms with Crippen LogP contribution in [0.5, 0.6) is 0 Å². The molecule has 0 radical (unpaired) electrons. The average molecular weight is 651 g/mol. The number of thiazole rings is 1. The van der Waals surface area contributed by atoms with Gasteiger partial charge < -0.3 is 5.32 Å². The zero-order valence-corrected chi connectivity index (χ0v) is 26.9. The molecule has 1 aliphatic rings. The van der Waals surface area contributed by atoms with E-state index in [1.807, 2.05) is 31.2 Å². The fourth-order valence-electron chi connectivity index (χ4n) is 5.56. The van der Waals surface area contributed by atoms with Gasteiger partial charge in [-0.1, -0.05) is 66.2 Å². The highest BCUT2D eigenvalue weighted by molar-refractivity contribution is 7.92. The monoisotopic (exact) mass is 650 g/mol. The number of para-hydroxylation sites is 1. The normalized spacial score (nSPS) is 13.4. The summed E-state index contributed by atoms with van der Waals surface area (Å²) < 4.78 is 29.7. The van der Waals surface area contributed by atoms with Crippen LogP contribution in [0.15, 0.2) is 108 Å². The minimum absolute atomic E-state index is 0.161. The standard InChI is InChI=1S/C35H30N4O3S3/c1-23-14-16-27(17-15-23)45(41,42)38-26-11-7-10-25(20-26)33(40)37-35-32(34-36-29-12-5-6-13-30(29)43-34)28-18-19-39(22-31(28)44-35)21-24-8-3-2-4-9-24/h2-17,20,38H,18-19,21-22H2,1H3,(H,37,40). The van der Waals surface area contributed by atoms with E-state index in [9.17, 15) is 13.2 Å². The number of aromatic nitrogens is 1. The van der Waals surface area contributed by atoms with E-state index in [4.69, 9.17) is 4.98 Å². The third-order valence-corrected chi connectivity index (χ3v) is 11.4. The fourth-order valence-corrected chi connectivity index (χ4v) is 9.00. The van der Waals surface area contributed by atoms with E-state index in [2.05, 4.69) is 45.3 Å². The number of fused-ring (bicyclic) bond motifs is 2. The number of carbonyl (C=O) groups is 1. The molecule has 3 heterocycles. The second-order valence-electron chi connectivity index (χ2n) is 11.1. The molecule has 0 fully saturated rings. The predicted octanol–water partition coefficient (Wildman–Crippen LogP) is 7.94. The van der Waals surface area contributed by atoms with Crippen molar-refractivity contribution in [1.82, 2.24) is 9.88 Å². The Kier molecular flexibility index (Phi) is 7.97. The van der Waals surface area contributed by atoms with Crippen LogP contribution in [0.2, 0.25) is 0 Å². The van der Waals surface area contributed by atoms with E-state index in [1.54, 1.807) is 71.2 Å². The summed E-state index contributed by atoms with van der Waals surface area (Å²) in [6.07, 6.45) is 0.857. The number of thiophene rings is 1. The first-order valence-electron chi connectivity index (χ1n) is 14.6. The number of nitrogens with zero attached hydrogens (tertiary/aromatic N) is 2. The van der Waals surface area contributed by atoms with E-state index in [0.717, 1.165) is 57.4 Å². The summed E-state index contributed by atoms with van der Waals surface area (Å²) in [5.41, 5.74) is 6.07. The highest BCUT2D eigenvalue weighted by atomic mass is 32.2. The molecule has 10 heteroatoms. The Morgan fingerprint density at radius 1 is 0.911 bits per heavy atom. The van der Waals surface area contributed by atoms with Gasteiger partial charge in [-0.3, -0.25) is 14.4 Å². The van der Waals surface area contributed by atoms with E-state index in [1.165, 1.54) is 16.0 Å². The topological polar surface area (TPSA) is 91.4 Å². The number of hydrogen-bond donors (Lipinski definition) is 2. The number of nitrogens with one attached hydrogen (secondary N) is 2. The highest BCUT2D eigenvalue weighted by Crippen LogP contribution is 2.46. The van der Waals surface area contributed by atoms with Crippen molar-refractivity contribution in [2.75, 3.05) is 16.6 Å². The lowest BCUT2D eigenvalue weighted by Gasteiger charge is -2.27. The van der Waals surface area contributed by atoms with Crippen LogP contribution in [-0.2, 0) is 29.5 Å². The first-order valence-corrected chi connectivity index (χ1v) is 17.7. The van der Waals surface area contributed by atoms with Gasteiger partial charge >= 0.3 is 0 Å². The van der Waals surface area contributed by atoms with Gasteiger partial charge in [-0.2, -0.15) is 0 Å². The molecule has 0 bridgehead atoms. The quantitative estimate of drug-likeness (QED) is 0.175. The van der Waals surface area contributed by atoms with Crippen molar-refractivity contribution in [2.24, 2.45) is 0 Å². The maximum Gasteiger partial charge on any atom is 0.261 e. The van der Waals surface area contributed by atoms with Crippen molar-refractivity contribution in [2.45, 2.75) is 31.3 Å². The number of anilines is 2. The molecule has 45 heavy (non-hydrogen) atoms. The van der Waals surface area contributed by atoms with Gasteiger partial charge in [-0.15, -0.1) is 22.7 Å². The number of rotatable bonds is 8. The number of amides is 1. The van der Waals surface area contributed by atoms with Gasteiger partial charge in [0.2, 0.25) is 0 Å². The molecule has 7 rings (SSSR count). The lowest BCUT2D eigenvalue weighted by Crippen LogP contribution is -2.29. The number of hydrogen-bond acceptors (Lipinski definition) is 7. The minimum Gasteiger partial charge on any atom is -0.313 e. The average Bonchev–Trinajstić information content (AvgIpc) is 3.62. The van der Waals surface area contributed by atoms with E-state index < -0.39 is 10.0 Å². The smallest absolute Gasteiger partial charge is 0.261 e. The van der Waals surface area contributed by atoms with Gasteiger partial charge in [-0.05, 0) is 66.9 Å².